The fraction of sp³-hybridized carbons (Fsp3) is 0.600. The minimum absolute atomic E-state index is 0.00746. The van der Waals surface area contributed by atoms with Crippen molar-refractivity contribution in [2.24, 2.45) is 11.8 Å². The van der Waals surface area contributed by atoms with E-state index in [1.807, 2.05) is 0 Å². The van der Waals surface area contributed by atoms with Gasteiger partial charge in [0.15, 0.2) is 0 Å². The van der Waals surface area contributed by atoms with Crippen LogP contribution < -0.4 is 0 Å². The summed E-state index contributed by atoms with van der Waals surface area (Å²) in [7, 11) is 0. The van der Waals surface area contributed by atoms with Crippen LogP contribution >= 0.6 is 0 Å². The van der Waals surface area contributed by atoms with E-state index in [1.54, 1.807) is 18.5 Å². The van der Waals surface area contributed by atoms with Crippen molar-refractivity contribution < 1.29 is 19.2 Å². The lowest BCUT2D eigenvalue weighted by molar-refractivity contribution is -0.157. The second-order valence-corrected chi connectivity index (χ2v) is 8.16. The van der Waals surface area contributed by atoms with Crippen LogP contribution in [0.25, 0.3) is 11.0 Å². The molecule has 2 amide bonds. The van der Waals surface area contributed by atoms with Gasteiger partial charge in [-0.05, 0) is 18.4 Å². The molecule has 2 fully saturated rings. The van der Waals surface area contributed by atoms with Gasteiger partial charge in [-0.15, -0.1) is 0 Å². The first-order chi connectivity index (χ1) is 14.0. The molecule has 0 bridgehead atoms. The molecule has 2 aliphatic rings. The molecule has 2 N–H and O–H groups in total. The van der Waals surface area contributed by atoms with Crippen LogP contribution in [0.2, 0.25) is 0 Å². The summed E-state index contributed by atoms with van der Waals surface area (Å²) in [6.07, 6.45) is 7.57. The van der Waals surface area contributed by atoms with Gasteiger partial charge in [0.2, 0.25) is 12.3 Å². The number of carbonyl (C=O) groups is 2. The van der Waals surface area contributed by atoms with E-state index < -0.39 is 18.1 Å². The summed E-state index contributed by atoms with van der Waals surface area (Å²) < 4.78 is 14.4. The van der Waals surface area contributed by atoms with Gasteiger partial charge in [-0.3, -0.25) is 19.8 Å². The first kappa shape index (κ1) is 19.8. The molecule has 4 rings (SSSR count). The Morgan fingerprint density at radius 2 is 2.24 bits per heavy atom. The highest BCUT2D eigenvalue weighted by Crippen LogP contribution is 2.37. The van der Waals surface area contributed by atoms with Crippen LogP contribution in [0.3, 0.4) is 0 Å². The largest absolute Gasteiger partial charge is 0.339 e. The maximum absolute atomic E-state index is 14.4. The molecular formula is C20H26FN5O3. The number of rotatable bonds is 7. The smallest absolute Gasteiger partial charge is 0.233 e. The number of alkyl halides is 1. The second-order valence-electron chi connectivity index (χ2n) is 8.16. The summed E-state index contributed by atoms with van der Waals surface area (Å²) in [6.45, 7) is -0.0878. The summed E-state index contributed by atoms with van der Waals surface area (Å²) in [6, 6.07) is 1.26. The maximum atomic E-state index is 14.4. The first-order valence-electron chi connectivity index (χ1n) is 10.2. The number of likely N-dealkylation sites (tertiary alicyclic amines) is 1. The molecule has 1 saturated heterocycles. The van der Waals surface area contributed by atoms with Crippen LogP contribution in [0.5, 0.6) is 0 Å². The summed E-state index contributed by atoms with van der Waals surface area (Å²) in [5.74, 6) is 0.134. The number of nitrogens with one attached hydrogen (secondary N) is 1. The van der Waals surface area contributed by atoms with E-state index in [2.05, 4.69) is 15.0 Å². The number of imidazole rings is 1. The number of amides is 2. The van der Waals surface area contributed by atoms with Gasteiger partial charge in [-0.2, -0.15) is 0 Å². The number of aromatic amines is 1. The Morgan fingerprint density at radius 1 is 1.45 bits per heavy atom. The fourth-order valence-corrected chi connectivity index (χ4v) is 4.73. The molecule has 0 aromatic carbocycles. The highest BCUT2D eigenvalue weighted by Gasteiger charge is 2.41. The predicted octanol–water partition coefficient (Wildman–Crippen LogP) is 2.61. The zero-order valence-corrected chi connectivity index (χ0v) is 16.2. The predicted molar refractivity (Wildman–Crippen MR) is 102 cm³/mol. The average Bonchev–Trinajstić information content (AvgIpc) is 3.45. The number of hydrogen-bond acceptors (Lipinski definition) is 5. The molecule has 1 unspecified atom stereocenters. The third kappa shape index (κ3) is 4.24. The molecule has 3 atom stereocenters. The number of aromatic nitrogens is 3. The van der Waals surface area contributed by atoms with Crippen molar-refractivity contribution in [1.29, 1.82) is 0 Å². The fourth-order valence-electron chi connectivity index (χ4n) is 4.73. The highest BCUT2D eigenvalue weighted by molar-refractivity contribution is 5.80. The molecule has 2 aromatic heterocycles. The van der Waals surface area contributed by atoms with E-state index in [4.69, 9.17) is 0 Å². The summed E-state index contributed by atoms with van der Waals surface area (Å²) >= 11 is 0. The van der Waals surface area contributed by atoms with E-state index in [-0.39, 0.29) is 25.4 Å². The average molecular weight is 403 g/mol. The van der Waals surface area contributed by atoms with Crippen molar-refractivity contribution in [3.63, 3.8) is 0 Å². The second kappa shape index (κ2) is 8.44. The lowest BCUT2D eigenvalue weighted by atomic mass is 9.91. The number of nitrogens with zero attached hydrogens (tertiary/aromatic N) is 4. The number of H-pyrrole nitrogens is 1. The van der Waals surface area contributed by atoms with Crippen molar-refractivity contribution in [1.82, 2.24) is 24.9 Å². The monoisotopic (exact) mass is 403 g/mol. The maximum Gasteiger partial charge on any atom is 0.233 e. The van der Waals surface area contributed by atoms with Crippen molar-refractivity contribution >= 4 is 23.4 Å². The molecule has 8 nitrogen and oxygen atoms in total. The lowest BCUT2D eigenvalue weighted by Crippen LogP contribution is -2.41. The minimum atomic E-state index is -1.14. The van der Waals surface area contributed by atoms with Crippen molar-refractivity contribution in [3.8, 4) is 0 Å². The van der Waals surface area contributed by atoms with Gasteiger partial charge in [-0.25, -0.2) is 14.4 Å². The number of pyridine rings is 1. The Labute approximate surface area is 168 Å². The van der Waals surface area contributed by atoms with E-state index in [1.165, 1.54) is 4.90 Å². The van der Waals surface area contributed by atoms with Crippen LogP contribution in [0.4, 0.5) is 4.39 Å². The van der Waals surface area contributed by atoms with Gasteiger partial charge in [-0.1, -0.05) is 25.7 Å². The summed E-state index contributed by atoms with van der Waals surface area (Å²) in [5, 5.41) is 10.2. The van der Waals surface area contributed by atoms with Crippen LogP contribution in [-0.2, 0) is 9.59 Å². The Bertz CT molecular complexity index is 836. The van der Waals surface area contributed by atoms with Crippen LogP contribution in [0, 0.1) is 11.8 Å². The molecule has 29 heavy (non-hydrogen) atoms. The molecule has 1 saturated carbocycles. The minimum Gasteiger partial charge on any atom is -0.339 e. The van der Waals surface area contributed by atoms with Gasteiger partial charge in [0.25, 0.3) is 0 Å². The Balaban J connectivity index is 1.57. The van der Waals surface area contributed by atoms with Crippen molar-refractivity contribution in [3.05, 3.63) is 24.3 Å². The number of hydroxylamine groups is 2. The highest BCUT2D eigenvalue weighted by atomic mass is 19.1. The van der Waals surface area contributed by atoms with Gasteiger partial charge in [0.1, 0.15) is 12.0 Å². The zero-order chi connectivity index (χ0) is 20.4. The van der Waals surface area contributed by atoms with Gasteiger partial charge in [0.05, 0.1) is 42.3 Å². The summed E-state index contributed by atoms with van der Waals surface area (Å²) in [5.41, 5.74) is 1.46. The molecule has 0 radical (unpaired) electrons. The van der Waals surface area contributed by atoms with Crippen LogP contribution in [0.15, 0.2) is 18.5 Å². The summed E-state index contributed by atoms with van der Waals surface area (Å²) in [4.78, 5) is 37.6. The zero-order valence-electron chi connectivity index (χ0n) is 16.2. The Hall–Kier alpha value is -2.55. The van der Waals surface area contributed by atoms with Crippen molar-refractivity contribution in [2.45, 2.75) is 50.7 Å². The SMILES string of the molecule is O=CN(O)CC(CC1CCCC1)C(=O)N1C[C@H](F)C[C@H]1c1nc2ccncc2[nH]1. The Morgan fingerprint density at radius 3 is 2.97 bits per heavy atom. The third-order valence-corrected chi connectivity index (χ3v) is 6.12. The first-order valence-corrected chi connectivity index (χ1v) is 10.2. The lowest BCUT2D eigenvalue weighted by Gasteiger charge is -2.30. The topological polar surface area (TPSA) is 102 Å². The number of halogens is 1. The molecule has 1 aliphatic carbocycles. The van der Waals surface area contributed by atoms with Gasteiger partial charge >= 0.3 is 0 Å². The molecule has 2 aromatic rings. The van der Waals surface area contributed by atoms with E-state index >= 15 is 0 Å². The Kier molecular flexibility index (Phi) is 5.75. The quantitative estimate of drug-likeness (QED) is 0.420. The number of carbonyl (C=O) groups excluding carboxylic acids is 2. The number of hydrogen-bond donors (Lipinski definition) is 2. The molecule has 3 heterocycles. The van der Waals surface area contributed by atoms with Gasteiger partial charge in [0, 0.05) is 12.6 Å². The normalized spacial score (nSPS) is 23.6. The van der Waals surface area contributed by atoms with Crippen molar-refractivity contribution in [2.75, 3.05) is 13.1 Å². The van der Waals surface area contributed by atoms with Gasteiger partial charge < -0.3 is 9.88 Å². The van der Waals surface area contributed by atoms with Crippen LogP contribution in [0.1, 0.15) is 50.4 Å². The van der Waals surface area contributed by atoms with E-state index in [9.17, 15) is 19.2 Å². The third-order valence-electron chi connectivity index (χ3n) is 6.12. The molecular weight excluding hydrogens is 377 g/mol. The molecule has 0 spiro atoms. The molecule has 9 heteroatoms. The molecule has 156 valence electrons. The number of fused-ring (bicyclic) bond motifs is 1. The molecule has 1 aliphatic heterocycles. The van der Waals surface area contributed by atoms with E-state index in [0.29, 0.717) is 29.6 Å². The van der Waals surface area contributed by atoms with E-state index in [0.717, 1.165) is 36.7 Å². The standard InChI is InChI=1S/C20H26FN5O3/c21-15-8-18(19-23-16-5-6-22-9-17(16)24-19)26(11-15)20(28)14(10-25(29)12-27)7-13-3-1-2-4-13/h5-6,9,12-15,18,29H,1-4,7-8,10-11H2,(H,23,24)/t14?,15-,18+/m1/s1. The van der Waals surface area contributed by atoms with Crippen LogP contribution in [-0.4, -0.2) is 61.7 Å².